The largest absolute Gasteiger partial charge is 0.469 e. The Morgan fingerprint density at radius 1 is 0.558 bits per heavy atom. The highest BCUT2D eigenvalue weighted by Crippen LogP contribution is 2.36. The molecule has 0 aliphatic rings. The number of rotatable bonds is 35. The molecule has 52 heavy (non-hydrogen) atoms. The minimum atomic E-state index is -4.53. The molecule has 0 spiro atoms. The van der Waals surface area contributed by atoms with Crippen LogP contribution < -0.4 is 11.5 Å². The topological polar surface area (TPSA) is 226 Å². The molecule has 0 bridgehead atoms. The lowest BCUT2D eigenvalue weighted by Gasteiger charge is -2.18. The first-order valence-corrected chi connectivity index (χ1v) is 24.6. The molecule has 12 nitrogen and oxygen atoms in total. The van der Waals surface area contributed by atoms with Crippen LogP contribution in [0, 0.1) is 0 Å². The molecule has 0 saturated carbocycles. The smallest absolute Gasteiger partial charge is 0.391 e. The van der Waals surface area contributed by atoms with E-state index >= 15 is 0 Å². The highest BCUT2D eigenvalue weighted by molar-refractivity contribution is 7.88. The van der Waals surface area contributed by atoms with Gasteiger partial charge in [0, 0.05) is 0 Å². The number of hydrogen-bond acceptors (Lipinski definition) is 9. The predicted octanol–water partition coefficient (Wildman–Crippen LogP) is 8.90. The van der Waals surface area contributed by atoms with Gasteiger partial charge >= 0.3 is 15.6 Å². The van der Waals surface area contributed by atoms with Gasteiger partial charge in [-0.2, -0.15) is 0 Å². The number of allylic oxidation sites excluding steroid dienone is 1. The molecule has 0 unspecified atom stereocenters. The highest BCUT2D eigenvalue weighted by Gasteiger charge is 2.21. The summed E-state index contributed by atoms with van der Waals surface area (Å²) in [5.41, 5.74) is 11.3. The van der Waals surface area contributed by atoms with Crippen LogP contribution in [0.1, 0.15) is 181 Å². The van der Waals surface area contributed by atoms with E-state index in [1.54, 1.807) is 6.08 Å². The van der Waals surface area contributed by atoms with E-state index in [4.69, 9.17) is 31.0 Å². The Labute approximate surface area is 324 Å². The third-order valence-electron chi connectivity index (χ3n) is 8.71. The molecule has 0 aliphatic heterocycles. The number of hydrogen-bond donors (Lipinski definition) is 8. The average Bonchev–Trinajstić information content (AvgIpc) is 3.10. The lowest BCUT2D eigenvalue weighted by molar-refractivity contribution is 0.0931. The van der Waals surface area contributed by atoms with E-state index in [1.807, 2.05) is 6.08 Å². The zero-order chi connectivity index (χ0) is 39.9. The maximum atomic E-state index is 10.6. The molecular weight excluding hydrogens is 745 g/mol. The quantitative estimate of drug-likeness (QED) is 0.0170. The number of nitrogens with two attached hydrogens (primary N) is 2. The molecule has 0 aromatic heterocycles. The molecule has 0 rings (SSSR count). The summed E-state index contributed by atoms with van der Waals surface area (Å²) in [4.78, 5) is 34.4. The van der Waals surface area contributed by atoms with Gasteiger partial charge < -0.3 is 41.3 Å². The van der Waals surface area contributed by atoms with Gasteiger partial charge in [0.15, 0.2) is 0 Å². The van der Waals surface area contributed by atoms with Crippen molar-refractivity contribution in [1.82, 2.24) is 0 Å². The summed E-state index contributed by atoms with van der Waals surface area (Å²) in [5, 5.41) is 19.6. The summed E-state index contributed by atoms with van der Waals surface area (Å²) in [6, 6.07) is -1.61. The molecule has 0 radical (unpaired) electrons. The van der Waals surface area contributed by atoms with Gasteiger partial charge in [-0.15, -0.1) is 0 Å². The first kappa shape index (κ1) is 56.6. The van der Waals surface area contributed by atoms with Gasteiger partial charge in [-0.25, -0.2) is 9.13 Å². The lowest BCUT2D eigenvalue weighted by Crippen LogP contribution is -2.38. The SMILES string of the molecule is CCCCCCCCCCCCC/C=C\[C@@H](O)[C@@H](N)COP(=O)(O)O.CCCCCCCCCCCCCCC[C@@H](O)[C@@H](N)COP(=O)(O)O.P=S. The Bertz CT molecular complexity index is 870. The van der Waals surface area contributed by atoms with Crippen LogP contribution in [0.3, 0.4) is 0 Å². The standard InChI is InChI=1S/C18H40NO5P.C18H38NO5P.HPS/c2*1-2-3-4-5-6-7-8-9-10-11-12-13-14-15-18(20)17(19)16-24-25(21,22)23;1-2/h17-18,20H,2-16,19H2,1H3,(H2,21,22,23);14-15,17-18,20H,2-13,16,19H2,1H3,(H2,21,22,23);1H/b;15-14-;/t2*17-,18+;/m00./s1. The van der Waals surface area contributed by atoms with Gasteiger partial charge in [-0.3, -0.25) is 9.05 Å². The first-order valence-electron chi connectivity index (χ1n) is 19.9. The normalized spacial score (nSPS) is 14.3. The third-order valence-corrected chi connectivity index (χ3v) is 9.69. The van der Waals surface area contributed by atoms with Crippen LogP contribution in [0.15, 0.2) is 12.2 Å². The second-order valence-corrected chi connectivity index (χ2v) is 16.2. The van der Waals surface area contributed by atoms with Crippen LogP contribution in [0.2, 0.25) is 0 Å². The summed E-state index contributed by atoms with van der Waals surface area (Å²) in [6.07, 6.45) is 33.9. The number of phosphoric ester groups is 2. The van der Waals surface area contributed by atoms with Crippen LogP contribution in [0.5, 0.6) is 0 Å². The predicted molar refractivity (Wildman–Crippen MR) is 220 cm³/mol. The van der Waals surface area contributed by atoms with Crippen LogP contribution >= 0.6 is 23.7 Å². The van der Waals surface area contributed by atoms with Crippen molar-refractivity contribution >= 4 is 35.5 Å². The second-order valence-electron chi connectivity index (χ2n) is 13.7. The molecule has 0 amide bonds. The summed E-state index contributed by atoms with van der Waals surface area (Å²) in [5.74, 6) is 0. The monoisotopic (exact) mass is 824 g/mol. The third kappa shape index (κ3) is 48.3. The molecule has 0 heterocycles. The summed E-state index contributed by atoms with van der Waals surface area (Å²) in [7, 11) is -6.49. The van der Waals surface area contributed by atoms with Gasteiger partial charge in [0.2, 0.25) is 0 Å². The van der Waals surface area contributed by atoms with Gasteiger partial charge in [-0.1, -0.05) is 185 Å². The van der Waals surface area contributed by atoms with Crippen LogP contribution in [-0.4, -0.2) is 67.3 Å². The van der Waals surface area contributed by atoms with Crippen molar-refractivity contribution in [2.45, 2.75) is 205 Å². The van der Waals surface area contributed by atoms with Crippen LogP contribution in [0.25, 0.3) is 0 Å². The summed E-state index contributed by atoms with van der Waals surface area (Å²) < 4.78 is 29.7. The molecule has 16 heteroatoms. The van der Waals surface area contributed by atoms with E-state index in [1.165, 1.54) is 128 Å². The fourth-order valence-corrected chi connectivity index (χ4v) is 6.20. The van der Waals surface area contributed by atoms with Crippen molar-refractivity contribution in [3.63, 3.8) is 0 Å². The maximum Gasteiger partial charge on any atom is 0.469 e. The van der Waals surface area contributed by atoms with E-state index in [0.29, 0.717) is 6.42 Å². The van der Waals surface area contributed by atoms with Gasteiger partial charge in [0.1, 0.15) is 0 Å². The van der Waals surface area contributed by atoms with E-state index < -0.39 is 39.9 Å². The number of phosphoric acid groups is 2. The fourth-order valence-electron chi connectivity index (χ4n) is 5.47. The van der Waals surface area contributed by atoms with Crippen molar-refractivity contribution in [2.24, 2.45) is 11.5 Å². The van der Waals surface area contributed by atoms with Crippen molar-refractivity contribution in [3.05, 3.63) is 12.2 Å². The van der Waals surface area contributed by atoms with Crippen LogP contribution in [-0.2, 0) is 30.0 Å². The Balaban J connectivity index is -0.000000881. The molecule has 4 atom stereocenters. The van der Waals surface area contributed by atoms with Crippen LogP contribution in [0.4, 0.5) is 0 Å². The van der Waals surface area contributed by atoms with E-state index in [-0.39, 0.29) is 13.2 Å². The van der Waals surface area contributed by atoms with Crippen molar-refractivity contribution < 1.29 is 48.0 Å². The Kier molecular flexibility index (Phi) is 44.6. The molecular formula is C36H79N2O10P3S. The minimum Gasteiger partial charge on any atom is -0.391 e. The number of aliphatic hydroxyl groups excluding tert-OH is 2. The summed E-state index contributed by atoms with van der Waals surface area (Å²) in [6.45, 7) is 3.78. The maximum absolute atomic E-state index is 10.6. The first-order chi connectivity index (χ1) is 24.7. The van der Waals surface area contributed by atoms with Gasteiger partial charge in [0.05, 0.1) is 37.5 Å². The lowest BCUT2D eigenvalue weighted by atomic mass is 10.0. The van der Waals surface area contributed by atoms with E-state index in [2.05, 4.69) is 42.7 Å². The second kappa shape index (κ2) is 41.0. The highest BCUT2D eigenvalue weighted by atomic mass is 32.4. The zero-order valence-corrected chi connectivity index (χ0v) is 36.1. The molecule has 10 N–H and O–H groups in total. The fraction of sp³-hybridized carbons (Fsp3) is 0.944. The van der Waals surface area contributed by atoms with Gasteiger partial charge in [-0.05, 0) is 27.3 Å². The van der Waals surface area contributed by atoms with Crippen molar-refractivity contribution in [2.75, 3.05) is 13.2 Å². The van der Waals surface area contributed by atoms with Crippen molar-refractivity contribution in [1.29, 1.82) is 0 Å². The molecule has 0 saturated heterocycles. The zero-order valence-electron chi connectivity index (χ0n) is 32.5. The molecule has 0 aliphatic carbocycles. The molecule has 314 valence electrons. The van der Waals surface area contributed by atoms with Crippen molar-refractivity contribution in [3.8, 4) is 0 Å². The minimum absolute atomic E-state index is 0.329. The Morgan fingerprint density at radius 2 is 0.865 bits per heavy atom. The van der Waals surface area contributed by atoms with E-state index in [9.17, 15) is 19.3 Å². The summed E-state index contributed by atoms with van der Waals surface area (Å²) >= 11 is 3.89. The molecule has 0 aromatic carbocycles. The molecule has 0 fully saturated rings. The Morgan fingerprint density at radius 3 is 1.21 bits per heavy atom. The number of unbranched alkanes of at least 4 members (excludes halogenated alkanes) is 23. The molecule has 0 aromatic rings. The average molecular weight is 825 g/mol. The van der Waals surface area contributed by atoms with E-state index in [0.717, 1.165) is 32.1 Å². The Hall–Kier alpha value is 0.320. The number of aliphatic hydroxyl groups is 2. The van der Waals surface area contributed by atoms with Gasteiger partial charge in [0.25, 0.3) is 0 Å².